The number of phenols is 1. The number of alkyl halides is 3. The van der Waals surface area contributed by atoms with Crippen molar-refractivity contribution in [3.8, 4) is 17.0 Å². The summed E-state index contributed by atoms with van der Waals surface area (Å²) in [5, 5.41) is 18.2. The van der Waals surface area contributed by atoms with E-state index >= 15 is 0 Å². The van der Waals surface area contributed by atoms with Gasteiger partial charge in [0.05, 0.1) is 16.6 Å². The molecule has 10 heteroatoms. The van der Waals surface area contributed by atoms with Gasteiger partial charge in [0.25, 0.3) is 5.91 Å². The van der Waals surface area contributed by atoms with Crippen LogP contribution in [0.3, 0.4) is 0 Å². The van der Waals surface area contributed by atoms with Gasteiger partial charge in [-0.05, 0) is 42.7 Å². The fraction of sp³-hybridized carbons (Fsp3) is 0.350. The molecule has 0 radical (unpaired) electrons. The predicted molar refractivity (Wildman–Crippen MR) is 102 cm³/mol. The van der Waals surface area contributed by atoms with E-state index in [1.165, 1.54) is 18.2 Å². The molecule has 2 saturated heterocycles. The number of nitrogens with one attached hydrogen (secondary N) is 2. The number of halogens is 3. The second-order valence-corrected chi connectivity index (χ2v) is 7.67. The van der Waals surface area contributed by atoms with Gasteiger partial charge >= 0.3 is 6.18 Å². The van der Waals surface area contributed by atoms with E-state index in [0.717, 1.165) is 13.0 Å². The molecule has 3 N–H and O–H groups in total. The highest BCUT2D eigenvalue weighted by Gasteiger charge is 2.43. The number of aromatic amines is 1. The van der Waals surface area contributed by atoms with E-state index in [1.807, 2.05) is 0 Å². The van der Waals surface area contributed by atoms with Crippen LogP contribution in [0.15, 0.2) is 30.3 Å². The van der Waals surface area contributed by atoms with Crippen molar-refractivity contribution in [2.45, 2.75) is 18.6 Å². The smallest absolute Gasteiger partial charge is 0.435 e. The lowest BCUT2D eigenvalue weighted by Crippen LogP contribution is -2.39. The zero-order valence-electron chi connectivity index (χ0n) is 15.7. The van der Waals surface area contributed by atoms with Crippen LogP contribution in [-0.4, -0.2) is 56.8 Å². The van der Waals surface area contributed by atoms with E-state index in [2.05, 4.69) is 20.5 Å². The van der Waals surface area contributed by atoms with Gasteiger partial charge in [-0.3, -0.25) is 9.89 Å². The van der Waals surface area contributed by atoms with Gasteiger partial charge in [0.2, 0.25) is 0 Å². The second kappa shape index (κ2) is 6.69. The van der Waals surface area contributed by atoms with Crippen LogP contribution < -0.4 is 5.32 Å². The molecule has 5 rings (SSSR count). The van der Waals surface area contributed by atoms with Crippen molar-refractivity contribution in [2.24, 2.45) is 5.92 Å². The minimum Gasteiger partial charge on any atom is -0.508 e. The van der Waals surface area contributed by atoms with Gasteiger partial charge in [0, 0.05) is 31.2 Å². The molecule has 2 aliphatic rings. The van der Waals surface area contributed by atoms with Crippen LogP contribution in [-0.2, 0) is 6.18 Å². The van der Waals surface area contributed by atoms with Gasteiger partial charge in [-0.1, -0.05) is 0 Å². The lowest BCUT2D eigenvalue weighted by Gasteiger charge is -2.24. The van der Waals surface area contributed by atoms with Gasteiger partial charge in [0.15, 0.2) is 11.3 Å². The number of carbonyl (C=O) groups excluding carboxylic acids is 1. The van der Waals surface area contributed by atoms with Crippen LogP contribution in [0, 0.1) is 5.92 Å². The number of likely N-dealkylation sites (tertiary alicyclic amines) is 1. The highest BCUT2D eigenvalue weighted by Crippen LogP contribution is 2.37. The number of aromatic nitrogens is 3. The molecule has 0 spiro atoms. The molecule has 0 aliphatic carbocycles. The molecular formula is C20H18F3N5O2. The maximum Gasteiger partial charge on any atom is 0.435 e. The zero-order chi connectivity index (χ0) is 21.0. The number of benzene rings is 1. The van der Waals surface area contributed by atoms with Crippen molar-refractivity contribution < 1.29 is 23.1 Å². The Morgan fingerprint density at radius 1 is 1.20 bits per heavy atom. The summed E-state index contributed by atoms with van der Waals surface area (Å²) in [6.07, 6.45) is -3.91. The molecule has 1 aromatic carbocycles. The first-order chi connectivity index (χ1) is 14.3. The summed E-state index contributed by atoms with van der Waals surface area (Å²) in [6, 6.07) is 7.44. The number of hydrogen-bond acceptors (Lipinski definition) is 5. The molecule has 30 heavy (non-hydrogen) atoms. The highest BCUT2D eigenvalue weighted by molar-refractivity contribution is 6.07. The topological polar surface area (TPSA) is 94.1 Å². The summed E-state index contributed by atoms with van der Waals surface area (Å²) in [5.41, 5.74) is -0.434. The standard InChI is InChI=1S/C20H18F3N5O2/c21-20(22,23)17-16-13(19(30)28-6-5-11-8-24-9-15(11)28)7-14(25-18(16)27-26-17)10-1-3-12(29)4-2-10/h1-4,7,11,15,24,29H,5-6,8-9H2,(H,25,26,27). The Morgan fingerprint density at radius 3 is 2.70 bits per heavy atom. The molecule has 1 amide bonds. The van der Waals surface area contributed by atoms with Crippen LogP contribution in [0.2, 0.25) is 0 Å². The lowest BCUT2D eigenvalue weighted by atomic mass is 10.0. The molecule has 2 aliphatic heterocycles. The molecular weight excluding hydrogens is 399 g/mol. The molecule has 156 valence electrons. The summed E-state index contributed by atoms with van der Waals surface area (Å²) in [4.78, 5) is 19.4. The largest absolute Gasteiger partial charge is 0.508 e. The molecule has 2 aromatic heterocycles. The van der Waals surface area contributed by atoms with E-state index in [9.17, 15) is 23.1 Å². The SMILES string of the molecule is O=C(c1cc(-c2ccc(O)cc2)nc2[nH]nc(C(F)(F)F)c12)N1CCC2CNCC21. The maximum absolute atomic E-state index is 13.6. The number of rotatable bonds is 2. The van der Waals surface area contributed by atoms with Crippen LogP contribution in [0.1, 0.15) is 22.5 Å². The number of fused-ring (bicyclic) bond motifs is 2. The highest BCUT2D eigenvalue weighted by atomic mass is 19.4. The van der Waals surface area contributed by atoms with Gasteiger partial charge in [-0.25, -0.2) is 4.98 Å². The Balaban J connectivity index is 1.68. The molecule has 0 saturated carbocycles. The Morgan fingerprint density at radius 2 is 1.97 bits per heavy atom. The Bertz CT molecular complexity index is 1130. The van der Waals surface area contributed by atoms with Gasteiger partial charge in [0.1, 0.15) is 5.75 Å². The molecule has 7 nitrogen and oxygen atoms in total. The molecule has 0 bridgehead atoms. The monoisotopic (exact) mass is 417 g/mol. The van der Waals surface area contributed by atoms with Crippen LogP contribution in [0.5, 0.6) is 5.75 Å². The van der Waals surface area contributed by atoms with Crippen molar-refractivity contribution in [3.63, 3.8) is 0 Å². The van der Waals surface area contributed by atoms with Gasteiger partial charge < -0.3 is 15.3 Å². The van der Waals surface area contributed by atoms with E-state index in [0.29, 0.717) is 30.3 Å². The number of hydrogen-bond donors (Lipinski definition) is 3. The van der Waals surface area contributed by atoms with Gasteiger partial charge in [-0.2, -0.15) is 18.3 Å². The number of carbonyl (C=O) groups is 1. The normalized spacial score (nSPS) is 21.4. The van der Waals surface area contributed by atoms with Gasteiger partial charge in [-0.15, -0.1) is 0 Å². The zero-order valence-corrected chi connectivity index (χ0v) is 15.7. The van der Waals surface area contributed by atoms with E-state index in [1.54, 1.807) is 17.0 Å². The van der Waals surface area contributed by atoms with Crippen LogP contribution >= 0.6 is 0 Å². The van der Waals surface area contributed by atoms with E-state index in [-0.39, 0.29) is 28.4 Å². The molecule has 2 unspecified atom stereocenters. The minimum atomic E-state index is -4.72. The number of pyridine rings is 1. The second-order valence-electron chi connectivity index (χ2n) is 7.67. The van der Waals surface area contributed by atoms with Crippen molar-refractivity contribution in [2.75, 3.05) is 19.6 Å². The third-order valence-corrected chi connectivity index (χ3v) is 5.90. The quantitative estimate of drug-likeness (QED) is 0.596. The number of phenolic OH excluding ortho intramolecular Hbond substituents is 1. The number of nitrogens with zero attached hydrogens (tertiary/aromatic N) is 3. The Kier molecular flexibility index (Phi) is 4.21. The van der Waals surface area contributed by atoms with Crippen molar-refractivity contribution in [3.05, 3.63) is 41.6 Å². The summed E-state index contributed by atoms with van der Waals surface area (Å²) in [6.45, 7) is 1.94. The number of amides is 1. The summed E-state index contributed by atoms with van der Waals surface area (Å²) in [5.74, 6) is -0.0892. The Labute approximate surface area is 168 Å². The van der Waals surface area contributed by atoms with Crippen LogP contribution in [0.4, 0.5) is 13.2 Å². The van der Waals surface area contributed by atoms with E-state index in [4.69, 9.17) is 0 Å². The first-order valence-corrected chi connectivity index (χ1v) is 9.60. The van der Waals surface area contributed by atoms with Crippen molar-refractivity contribution in [1.29, 1.82) is 0 Å². The average Bonchev–Trinajstić information content (AvgIpc) is 3.42. The average molecular weight is 417 g/mol. The van der Waals surface area contributed by atoms with E-state index < -0.39 is 17.8 Å². The first kappa shape index (κ1) is 18.9. The summed E-state index contributed by atoms with van der Waals surface area (Å²) >= 11 is 0. The molecule has 2 atom stereocenters. The number of aromatic hydroxyl groups is 1. The Hall–Kier alpha value is -3.14. The fourth-order valence-corrected chi connectivity index (χ4v) is 4.44. The molecule has 2 fully saturated rings. The predicted octanol–water partition coefficient (Wildman–Crippen LogP) is 2.78. The van der Waals surface area contributed by atoms with Crippen LogP contribution in [0.25, 0.3) is 22.3 Å². The first-order valence-electron chi connectivity index (χ1n) is 9.60. The number of H-pyrrole nitrogens is 1. The van der Waals surface area contributed by atoms with Crippen molar-refractivity contribution >= 4 is 16.9 Å². The third kappa shape index (κ3) is 2.98. The fourth-order valence-electron chi connectivity index (χ4n) is 4.44. The summed E-state index contributed by atoms with van der Waals surface area (Å²) in [7, 11) is 0. The lowest BCUT2D eigenvalue weighted by molar-refractivity contribution is -0.139. The summed E-state index contributed by atoms with van der Waals surface area (Å²) < 4.78 is 40.7. The molecule has 3 aromatic rings. The maximum atomic E-state index is 13.6. The van der Waals surface area contributed by atoms with Crippen molar-refractivity contribution in [1.82, 2.24) is 25.4 Å². The third-order valence-electron chi connectivity index (χ3n) is 5.90. The molecule has 4 heterocycles. The minimum absolute atomic E-state index is 0.0286.